The molecule has 0 aliphatic rings. The maximum absolute atomic E-state index is 11.5. The molecule has 0 saturated heterocycles. The van der Waals surface area contributed by atoms with Crippen LogP contribution in [0.5, 0.6) is 0 Å². The van der Waals surface area contributed by atoms with E-state index in [4.69, 9.17) is 10.3 Å². The van der Waals surface area contributed by atoms with Crippen LogP contribution in [0.15, 0.2) is 54.6 Å². The van der Waals surface area contributed by atoms with E-state index < -0.39 is 11.9 Å². The Hall–Kier alpha value is -2.70. The molecule has 6 nitrogen and oxygen atoms in total. The molecule has 0 radical (unpaired) electrons. The highest BCUT2D eigenvalue weighted by Gasteiger charge is 2.13. The van der Waals surface area contributed by atoms with Gasteiger partial charge >= 0.3 is 5.97 Å². The van der Waals surface area contributed by atoms with Crippen LogP contribution in [0.1, 0.15) is 21.5 Å². The van der Waals surface area contributed by atoms with Gasteiger partial charge in [-0.05, 0) is 23.3 Å². The highest BCUT2D eigenvalue weighted by atomic mass is 16.5. The third kappa shape index (κ3) is 5.21. The molecule has 0 aliphatic heterocycles. The number of hydrogen-bond acceptors (Lipinski definition) is 4. The van der Waals surface area contributed by atoms with Gasteiger partial charge in [0.25, 0.3) is 5.91 Å². The van der Waals surface area contributed by atoms with Crippen molar-refractivity contribution >= 4 is 11.9 Å². The molecule has 2 rings (SSSR count). The summed E-state index contributed by atoms with van der Waals surface area (Å²) in [7, 11) is 0. The summed E-state index contributed by atoms with van der Waals surface area (Å²) in [4.78, 5) is 24.3. The number of aromatic carboxylic acids is 1. The molecule has 0 bridgehead atoms. The fourth-order valence-electron chi connectivity index (χ4n) is 2.31. The average Bonchev–Trinajstić information content (AvgIpc) is 2.55. The fourth-order valence-corrected chi connectivity index (χ4v) is 2.31. The van der Waals surface area contributed by atoms with E-state index in [0.717, 1.165) is 11.1 Å². The lowest BCUT2D eigenvalue weighted by Gasteiger charge is -2.21. The van der Waals surface area contributed by atoms with Gasteiger partial charge in [-0.3, -0.25) is 14.9 Å². The van der Waals surface area contributed by atoms with Gasteiger partial charge in [-0.2, -0.15) is 0 Å². The first-order valence-electron chi connectivity index (χ1n) is 7.10. The smallest absolute Gasteiger partial charge is 0.335 e. The van der Waals surface area contributed by atoms with Crippen LogP contribution >= 0.6 is 0 Å². The summed E-state index contributed by atoms with van der Waals surface area (Å²) in [5, 5.41) is 17.8. The third-order valence-electron chi connectivity index (χ3n) is 3.32. The van der Waals surface area contributed by atoms with Gasteiger partial charge in [0.05, 0.1) is 12.1 Å². The maximum atomic E-state index is 11.5. The van der Waals surface area contributed by atoms with Crippen molar-refractivity contribution in [1.82, 2.24) is 10.4 Å². The average molecular weight is 314 g/mol. The Morgan fingerprint density at radius 2 is 1.61 bits per heavy atom. The third-order valence-corrected chi connectivity index (χ3v) is 3.32. The zero-order valence-electron chi connectivity index (χ0n) is 12.5. The van der Waals surface area contributed by atoms with Gasteiger partial charge in [0.1, 0.15) is 0 Å². The van der Waals surface area contributed by atoms with E-state index in [1.165, 1.54) is 6.07 Å². The molecule has 0 fully saturated rings. The van der Waals surface area contributed by atoms with Gasteiger partial charge < -0.3 is 5.11 Å². The van der Waals surface area contributed by atoms with Crippen molar-refractivity contribution < 1.29 is 19.9 Å². The standard InChI is InChI=1S/C17H18N2O4/c20-16(18-23)12-19(10-13-5-2-1-3-6-13)11-14-7-4-8-15(9-14)17(21)22/h1-9,23H,10-12H2,(H,18,20)(H,21,22). The number of hydrogen-bond donors (Lipinski definition) is 3. The van der Waals surface area contributed by atoms with Crippen molar-refractivity contribution in [3.63, 3.8) is 0 Å². The monoisotopic (exact) mass is 314 g/mol. The molecule has 1 amide bonds. The van der Waals surface area contributed by atoms with Crippen molar-refractivity contribution in [3.05, 3.63) is 71.3 Å². The summed E-state index contributed by atoms with van der Waals surface area (Å²) < 4.78 is 0. The van der Waals surface area contributed by atoms with Crippen molar-refractivity contribution in [3.8, 4) is 0 Å². The van der Waals surface area contributed by atoms with E-state index >= 15 is 0 Å². The minimum absolute atomic E-state index is 0.00267. The van der Waals surface area contributed by atoms with E-state index in [1.54, 1.807) is 23.7 Å². The van der Waals surface area contributed by atoms with E-state index in [2.05, 4.69) is 0 Å². The Kier molecular flexibility index (Phi) is 5.85. The first-order chi connectivity index (χ1) is 11.1. The molecule has 0 saturated carbocycles. The summed E-state index contributed by atoms with van der Waals surface area (Å²) in [5.41, 5.74) is 3.63. The molecule has 0 aromatic heterocycles. The molecular weight excluding hydrogens is 296 g/mol. The molecule has 120 valence electrons. The second kappa shape index (κ2) is 8.07. The molecule has 2 aromatic carbocycles. The Morgan fingerprint density at radius 3 is 2.26 bits per heavy atom. The molecule has 0 aliphatic carbocycles. The lowest BCUT2D eigenvalue weighted by Crippen LogP contribution is -2.35. The number of carbonyl (C=O) groups excluding carboxylic acids is 1. The number of carboxylic acids is 1. The van der Waals surface area contributed by atoms with Crippen LogP contribution in [0.3, 0.4) is 0 Å². The summed E-state index contributed by atoms with van der Waals surface area (Å²) >= 11 is 0. The quantitative estimate of drug-likeness (QED) is 0.536. The number of carbonyl (C=O) groups is 2. The van der Waals surface area contributed by atoms with Gasteiger partial charge in [0.2, 0.25) is 0 Å². The summed E-state index contributed by atoms with van der Waals surface area (Å²) in [5.74, 6) is -1.51. The molecular formula is C17H18N2O4. The molecule has 0 heterocycles. The predicted octanol–water partition coefficient (Wildman–Crippen LogP) is 1.89. The second-order valence-corrected chi connectivity index (χ2v) is 5.17. The van der Waals surface area contributed by atoms with Crippen molar-refractivity contribution in [2.45, 2.75) is 13.1 Å². The van der Waals surface area contributed by atoms with E-state index in [-0.39, 0.29) is 12.1 Å². The van der Waals surface area contributed by atoms with Crippen LogP contribution in [-0.4, -0.2) is 33.6 Å². The highest BCUT2D eigenvalue weighted by molar-refractivity contribution is 5.87. The lowest BCUT2D eigenvalue weighted by atomic mass is 10.1. The molecule has 0 spiro atoms. The number of hydroxylamine groups is 1. The Morgan fingerprint density at radius 1 is 0.957 bits per heavy atom. The zero-order chi connectivity index (χ0) is 16.7. The van der Waals surface area contributed by atoms with Crippen LogP contribution in [0, 0.1) is 0 Å². The SMILES string of the molecule is O=C(CN(Cc1ccccc1)Cc1cccc(C(=O)O)c1)NO. The second-order valence-electron chi connectivity index (χ2n) is 5.17. The molecule has 3 N–H and O–H groups in total. The predicted molar refractivity (Wildman–Crippen MR) is 83.9 cm³/mol. The fraction of sp³-hybridized carbons (Fsp3) is 0.176. The molecule has 23 heavy (non-hydrogen) atoms. The summed E-state index contributed by atoms with van der Waals surface area (Å²) in [6.45, 7) is 0.900. The minimum atomic E-state index is -0.991. The van der Waals surface area contributed by atoms with Crippen LogP contribution in [-0.2, 0) is 17.9 Å². The van der Waals surface area contributed by atoms with Gasteiger partial charge in [0, 0.05) is 13.1 Å². The van der Waals surface area contributed by atoms with E-state index in [1.807, 2.05) is 35.2 Å². The first-order valence-corrected chi connectivity index (χ1v) is 7.10. The number of nitrogens with zero attached hydrogens (tertiary/aromatic N) is 1. The van der Waals surface area contributed by atoms with E-state index in [9.17, 15) is 9.59 Å². The summed E-state index contributed by atoms with van der Waals surface area (Å²) in [6, 6.07) is 16.2. The Bertz CT molecular complexity index is 673. The number of benzene rings is 2. The number of rotatable bonds is 7. The van der Waals surface area contributed by atoms with E-state index in [0.29, 0.717) is 13.1 Å². The van der Waals surface area contributed by atoms with Crippen LogP contribution in [0.4, 0.5) is 0 Å². The van der Waals surface area contributed by atoms with Gasteiger partial charge in [-0.1, -0.05) is 42.5 Å². The van der Waals surface area contributed by atoms with Gasteiger partial charge in [-0.25, -0.2) is 10.3 Å². The lowest BCUT2D eigenvalue weighted by molar-refractivity contribution is -0.130. The minimum Gasteiger partial charge on any atom is -0.478 e. The first kappa shape index (κ1) is 16.7. The van der Waals surface area contributed by atoms with Crippen molar-refractivity contribution in [2.75, 3.05) is 6.54 Å². The van der Waals surface area contributed by atoms with Crippen LogP contribution < -0.4 is 5.48 Å². The maximum Gasteiger partial charge on any atom is 0.335 e. The Balaban J connectivity index is 2.15. The zero-order valence-corrected chi connectivity index (χ0v) is 12.5. The normalized spacial score (nSPS) is 10.5. The van der Waals surface area contributed by atoms with Crippen LogP contribution in [0.2, 0.25) is 0 Å². The molecule has 2 aromatic rings. The van der Waals surface area contributed by atoms with Crippen molar-refractivity contribution in [2.24, 2.45) is 0 Å². The highest BCUT2D eigenvalue weighted by Crippen LogP contribution is 2.12. The number of carboxylic acid groups (broad SMARTS) is 1. The van der Waals surface area contributed by atoms with Crippen LogP contribution in [0.25, 0.3) is 0 Å². The number of nitrogens with one attached hydrogen (secondary N) is 1. The Labute approximate surface area is 133 Å². The molecule has 0 atom stereocenters. The molecule has 0 unspecified atom stereocenters. The molecule has 6 heteroatoms. The van der Waals surface area contributed by atoms with Crippen molar-refractivity contribution in [1.29, 1.82) is 0 Å². The number of amides is 1. The van der Waals surface area contributed by atoms with Gasteiger partial charge in [-0.15, -0.1) is 0 Å². The summed E-state index contributed by atoms with van der Waals surface area (Å²) in [6.07, 6.45) is 0. The topological polar surface area (TPSA) is 89.9 Å². The largest absolute Gasteiger partial charge is 0.478 e. The van der Waals surface area contributed by atoms with Gasteiger partial charge in [0.15, 0.2) is 0 Å².